The molecule has 1 nitrogen and oxygen atoms in total. The van der Waals surface area contributed by atoms with Gasteiger partial charge in [0.2, 0.25) is 0 Å². The van der Waals surface area contributed by atoms with E-state index in [2.05, 4.69) is 12.3 Å². The Labute approximate surface area is 91.3 Å². The van der Waals surface area contributed by atoms with Crippen molar-refractivity contribution >= 4 is 11.3 Å². The fourth-order valence-electron chi connectivity index (χ4n) is 0.516. The van der Waals surface area contributed by atoms with E-state index in [1.54, 1.807) is 11.3 Å². The van der Waals surface area contributed by atoms with Crippen LogP contribution in [-0.4, -0.2) is 13.2 Å². The minimum absolute atomic E-state index is 0. The molecule has 64 valence electrons. The van der Waals surface area contributed by atoms with E-state index in [4.69, 9.17) is 4.74 Å². The third kappa shape index (κ3) is 10.3. The Morgan fingerprint density at radius 1 is 1.42 bits per heavy atom. The topological polar surface area (TPSA) is 9.23 Å². The normalized spacial score (nSPS) is 7.92. The summed E-state index contributed by atoms with van der Waals surface area (Å²) >= 11 is 1.65. The Balaban J connectivity index is 0. The molecule has 0 saturated carbocycles. The van der Waals surface area contributed by atoms with Crippen molar-refractivity contribution in [2.75, 3.05) is 13.2 Å². The Bertz CT molecular complexity index is 150. The van der Waals surface area contributed by atoms with E-state index in [1.807, 2.05) is 26.0 Å². The zero-order valence-corrected chi connectivity index (χ0v) is 9.20. The zero-order valence-electron chi connectivity index (χ0n) is 8.39. The minimum Gasteiger partial charge on any atom is -0.382 e. The number of aryl methyl sites for hydroxylation is 1. The van der Waals surface area contributed by atoms with E-state index in [0.29, 0.717) is 0 Å². The first-order valence-electron chi connectivity index (χ1n) is 3.81. The van der Waals surface area contributed by atoms with Crippen molar-refractivity contribution in [3.05, 3.63) is 22.4 Å². The van der Waals surface area contributed by atoms with Crippen molar-refractivity contribution in [3.63, 3.8) is 0 Å². The van der Waals surface area contributed by atoms with Crippen LogP contribution in [0.5, 0.6) is 0 Å². The molecule has 0 atom stereocenters. The molecule has 0 bridgehead atoms. The van der Waals surface area contributed by atoms with Gasteiger partial charge in [-0.3, -0.25) is 0 Å². The molecule has 1 aromatic rings. The number of hydrogen-bond acceptors (Lipinski definition) is 2. The molecule has 1 aromatic heterocycles. The predicted octanol–water partition coefficient (Wildman–Crippen LogP) is -0.0965. The standard InChI is InChI=1S/C5H5S.C4H10O.Li/c1-5-3-2-4-6-5;1-3-5-4-2;/h2-3H,1H3;3-4H2,1-2H3;/q-1;;+1. The summed E-state index contributed by atoms with van der Waals surface area (Å²) in [6.07, 6.45) is 0. The van der Waals surface area contributed by atoms with E-state index in [0.717, 1.165) is 13.2 Å². The smallest absolute Gasteiger partial charge is 0.382 e. The van der Waals surface area contributed by atoms with Crippen molar-refractivity contribution in [2.45, 2.75) is 20.8 Å². The molecule has 0 radical (unpaired) electrons. The summed E-state index contributed by atoms with van der Waals surface area (Å²) in [6.45, 7) is 7.74. The van der Waals surface area contributed by atoms with E-state index >= 15 is 0 Å². The number of hydrogen-bond donors (Lipinski definition) is 0. The minimum atomic E-state index is 0. The molecule has 0 aliphatic rings. The van der Waals surface area contributed by atoms with Gasteiger partial charge in [-0.1, -0.05) is 6.92 Å². The molecule has 0 saturated heterocycles. The van der Waals surface area contributed by atoms with Gasteiger partial charge in [0.25, 0.3) is 0 Å². The van der Waals surface area contributed by atoms with E-state index in [9.17, 15) is 0 Å². The predicted molar refractivity (Wildman–Crippen MR) is 50.1 cm³/mol. The molecular formula is C9H15LiOS. The van der Waals surface area contributed by atoms with E-state index in [1.165, 1.54) is 4.88 Å². The van der Waals surface area contributed by atoms with Crippen molar-refractivity contribution < 1.29 is 23.6 Å². The summed E-state index contributed by atoms with van der Waals surface area (Å²) in [6, 6.07) is 3.98. The van der Waals surface area contributed by atoms with Crippen LogP contribution >= 0.6 is 11.3 Å². The Morgan fingerprint density at radius 3 is 2.08 bits per heavy atom. The van der Waals surface area contributed by atoms with Gasteiger partial charge in [0.1, 0.15) is 0 Å². The van der Waals surface area contributed by atoms with Crippen molar-refractivity contribution in [2.24, 2.45) is 0 Å². The fourth-order valence-corrected chi connectivity index (χ4v) is 0.975. The first-order valence-corrected chi connectivity index (χ1v) is 4.63. The average molecular weight is 178 g/mol. The average Bonchev–Trinajstić information content (AvgIpc) is 2.43. The van der Waals surface area contributed by atoms with Crippen LogP contribution in [0.2, 0.25) is 0 Å². The quantitative estimate of drug-likeness (QED) is 0.454. The van der Waals surface area contributed by atoms with Gasteiger partial charge in [0, 0.05) is 13.2 Å². The van der Waals surface area contributed by atoms with Gasteiger partial charge in [-0.05, 0) is 13.8 Å². The second-order valence-corrected chi connectivity index (χ2v) is 3.03. The third-order valence-corrected chi connectivity index (χ3v) is 1.73. The molecule has 0 aromatic carbocycles. The zero-order chi connectivity index (χ0) is 8.53. The van der Waals surface area contributed by atoms with Gasteiger partial charge in [-0.2, -0.15) is 10.9 Å². The van der Waals surface area contributed by atoms with Crippen LogP contribution < -0.4 is 18.9 Å². The maximum Gasteiger partial charge on any atom is 1.00 e. The van der Waals surface area contributed by atoms with Gasteiger partial charge >= 0.3 is 18.9 Å². The van der Waals surface area contributed by atoms with Crippen LogP contribution in [0.25, 0.3) is 0 Å². The summed E-state index contributed by atoms with van der Waals surface area (Å²) < 4.78 is 4.83. The van der Waals surface area contributed by atoms with Crippen molar-refractivity contribution in [1.82, 2.24) is 0 Å². The summed E-state index contributed by atoms with van der Waals surface area (Å²) in [5.41, 5.74) is 0. The van der Waals surface area contributed by atoms with Crippen molar-refractivity contribution in [1.29, 1.82) is 0 Å². The molecule has 0 aliphatic carbocycles. The SMILES string of the molecule is CCOCC.Cc1cc[c-]s1.[Li+]. The maximum atomic E-state index is 4.83. The largest absolute Gasteiger partial charge is 1.00 e. The molecule has 0 amide bonds. The van der Waals surface area contributed by atoms with Gasteiger partial charge in [-0.25, -0.2) is 6.07 Å². The van der Waals surface area contributed by atoms with Crippen LogP contribution in [0.1, 0.15) is 18.7 Å². The molecule has 0 N–H and O–H groups in total. The molecule has 0 spiro atoms. The van der Waals surface area contributed by atoms with E-state index in [-0.39, 0.29) is 18.9 Å². The van der Waals surface area contributed by atoms with E-state index < -0.39 is 0 Å². The molecule has 0 fully saturated rings. The fraction of sp³-hybridized carbons (Fsp3) is 0.556. The van der Waals surface area contributed by atoms with Gasteiger partial charge < -0.3 is 16.1 Å². The van der Waals surface area contributed by atoms with Crippen LogP contribution in [0.3, 0.4) is 0 Å². The molecule has 12 heavy (non-hydrogen) atoms. The number of rotatable bonds is 2. The molecule has 3 heteroatoms. The Morgan fingerprint density at radius 2 is 2.00 bits per heavy atom. The summed E-state index contributed by atoms with van der Waals surface area (Å²) in [7, 11) is 0. The summed E-state index contributed by atoms with van der Waals surface area (Å²) in [5, 5.41) is 2.97. The van der Waals surface area contributed by atoms with Gasteiger partial charge in [0.15, 0.2) is 0 Å². The summed E-state index contributed by atoms with van der Waals surface area (Å²) in [4.78, 5) is 1.33. The second kappa shape index (κ2) is 11.3. The third-order valence-electron chi connectivity index (χ3n) is 1.01. The Kier molecular flexibility index (Phi) is 13.9. The van der Waals surface area contributed by atoms with Crippen molar-refractivity contribution in [3.8, 4) is 0 Å². The first-order chi connectivity index (χ1) is 5.31. The molecule has 0 aliphatic heterocycles. The summed E-state index contributed by atoms with van der Waals surface area (Å²) in [5.74, 6) is 0. The molecular weight excluding hydrogens is 163 g/mol. The second-order valence-electron chi connectivity index (χ2n) is 1.95. The van der Waals surface area contributed by atoms with Crippen LogP contribution in [0, 0.1) is 12.3 Å². The molecule has 1 rings (SSSR count). The van der Waals surface area contributed by atoms with Gasteiger partial charge in [-0.15, -0.1) is 5.38 Å². The maximum absolute atomic E-state index is 4.83. The Hall–Kier alpha value is 0.257. The van der Waals surface area contributed by atoms with Crippen LogP contribution in [-0.2, 0) is 4.74 Å². The van der Waals surface area contributed by atoms with Crippen LogP contribution in [0.4, 0.5) is 0 Å². The van der Waals surface area contributed by atoms with Gasteiger partial charge in [0.05, 0.1) is 0 Å². The number of ether oxygens (including phenoxy) is 1. The molecule has 0 unspecified atom stereocenters. The first kappa shape index (κ1) is 14.8. The van der Waals surface area contributed by atoms with Crippen LogP contribution in [0.15, 0.2) is 12.1 Å². The molecule has 1 heterocycles. The monoisotopic (exact) mass is 178 g/mol. The number of thiophene rings is 1.